The molecule has 80 valence electrons. The van der Waals surface area contributed by atoms with Crippen molar-refractivity contribution in [3.05, 3.63) is 0 Å². The van der Waals surface area contributed by atoms with Crippen LogP contribution in [0.25, 0.3) is 0 Å². The van der Waals surface area contributed by atoms with Crippen LogP contribution in [0.3, 0.4) is 0 Å². The molecule has 1 heterocycles. The number of carboxylic acids is 1. The van der Waals surface area contributed by atoms with Gasteiger partial charge < -0.3 is 10.0 Å². The predicted octanol–water partition coefficient (Wildman–Crippen LogP) is 0.241. The molecule has 4 nitrogen and oxygen atoms in total. The predicted molar refractivity (Wildman–Crippen MR) is 53.3 cm³/mol. The van der Waals surface area contributed by atoms with Crippen LogP contribution < -0.4 is 0 Å². The lowest BCUT2D eigenvalue weighted by Crippen LogP contribution is -2.54. The Morgan fingerprint density at radius 2 is 1.86 bits per heavy atom. The molecular formula is C10H18N2O2. The van der Waals surface area contributed by atoms with Crippen LogP contribution in [0.15, 0.2) is 0 Å². The average molecular weight is 198 g/mol. The zero-order valence-electron chi connectivity index (χ0n) is 8.70. The molecule has 1 saturated heterocycles. The number of aliphatic carboxylic acids is 1. The van der Waals surface area contributed by atoms with Crippen LogP contribution in [0.5, 0.6) is 0 Å². The molecular weight excluding hydrogens is 180 g/mol. The Bertz CT molecular complexity index is 230. The van der Waals surface area contributed by atoms with Gasteiger partial charge >= 0.3 is 5.97 Å². The van der Waals surface area contributed by atoms with Gasteiger partial charge in [-0.15, -0.1) is 0 Å². The monoisotopic (exact) mass is 198 g/mol. The van der Waals surface area contributed by atoms with Crippen molar-refractivity contribution in [1.29, 1.82) is 0 Å². The topological polar surface area (TPSA) is 43.8 Å². The maximum absolute atomic E-state index is 11.1. The summed E-state index contributed by atoms with van der Waals surface area (Å²) in [5, 5.41) is 9.12. The maximum atomic E-state index is 11.1. The van der Waals surface area contributed by atoms with Crippen LogP contribution in [0, 0.1) is 0 Å². The third-order valence-corrected chi connectivity index (χ3v) is 3.55. The molecule has 0 aromatic carbocycles. The summed E-state index contributed by atoms with van der Waals surface area (Å²) >= 11 is 0. The summed E-state index contributed by atoms with van der Waals surface area (Å²) < 4.78 is 0. The summed E-state index contributed by atoms with van der Waals surface area (Å²) in [6.45, 7) is 7.10. The molecule has 2 fully saturated rings. The van der Waals surface area contributed by atoms with Crippen LogP contribution >= 0.6 is 0 Å². The second kappa shape index (κ2) is 3.51. The van der Waals surface area contributed by atoms with E-state index in [2.05, 4.69) is 16.7 Å². The molecule has 0 aromatic rings. The lowest BCUT2D eigenvalue weighted by molar-refractivity contribution is -0.146. The van der Waals surface area contributed by atoms with Gasteiger partial charge in [0.05, 0.1) is 0 Å². The number of nitrogens with zero attached hydrogens (tertiary/aromatic N) is 2. The fraction of sp³-hybridized carbons (Fsp3) is 0.900. The molecule has 0 radical (unpaired) electrons. The van der Waals surface area contributed by atoms with Crippen molar-refractivity contribution in [2.75, 3.05) is 32.7 Å². The number of hydrogen-bond acceptors (Lipinski definition) is 3. The van der Waals surface area contributed by atoms with Crippen molar-refractivity contribution in [3.8, 4) is 0 Å². The normalized spacial score (nSPS) is 27.5. The minimum absolute atomic E-state index is 0.472. The van der Waals surface area contributed by atoms with E-state index in [1.165, 1.54) is 0 Å². The first-order valence-corrected chi connectivity index (χ1v) is 5.40. The van der Waals surface area contributed by atoms with E-state index in [1.54, 1.807) is 0 Å². The minimum Gasteiger partial charge on any atom is -0.480 e. The van der Waals surface area contributed by atoms with Crippen LogP contribution in [0.4, 0.5) is 0 Å². The highest BCUT2D eigenvalue weighted by molar-refractivity contribution is 5.82. The molecule has 2 rings (SSSR count). The van der Waals surface area contributed by atoms with Gasteiger partial charge in [0.15, 0.2) is 0 Å². The first kappa shape index (κ1) is 9.93. The fourth-order valence-electron chi connectivity index (χ4n) is 2.28. The molecule has 0 atom stereocenters. The molecule has 1 aliphatic carbocycles. The first-order valence-electron chi connectivity index (χ1n) is 5.40. The van der Waals surface area contributed by atoms with Crippen molar-refractivity contribution >= 4 is 5.97 Å². The molecule has 1 saturated carbocycles. The molecule has 1 N–H and O–H groups in total. The highest BCUT2D eigenvalue weighted by Gasteiger charge is 2.55. The smallest absolute Gasteiger partial charge is 0.324 e. The zero-order valence-corrected chi connectivity index (χ0v) is 8.70. The molecule has 2 aliphatic rings. The summed E-state index contributed by atoms with van der Waals surface area (Å²) in [4.78, 5) is 15.6. The minimum atomic E-state index is -0.623. The SMILES string of the molecule is CCN1CCN(C2(C(=O)O)CC2)CC1. The standard InChI is InChI=1S/C10H18N2O2/c1-2-11-5-7-12(8-6-11)10(3-4-10)9(13)14/h2-8H2,1H3,(H,13,14). The van der Waals surface area contributed by atoms with Gasteiger partial charge in [0.1, 0.15) is 5.54 Å². The van der Waals surface area contributed by atoms with Crippen molar-refractivity contribution in [2.45, 2.75) is 25.3 Å². The third-order valence-electron chi connectivity index (χ3n) is 3.55. The molecule has 0 aromatic heterocycles. The van der Waals surface area contributed by atoms with Crippen molar-refractivity contribution in [2.24, 2.45) is 0 Å². The van der Waals surface area contributed by atoms with Gasteiger partial charge in [-0.05, 0) is 19.4 Å². The molecule has 0 amide bonds. The van der Waals surface area contributed by atoms with E-state index in [9.17, 15) is 4.79 Å². The van der Waals surface area contributed by atoms with E-state index < -0.39 is 11.5 Å². The van der Waals surface area contributed by atoms with Crippen molar-refractivity contribution in [1.82, 2.24) is 9.80 Å². The Kier molecular flexibility index (Phi) is 2.49. The van der Waals surface area contributed by atoms with Crippen molar-refractivity contribution in [3.63, 3.8) is 0 Å². The van der Waals surface area contributed by atoms with E-state index in [1.807, 2.05) is 0 Å². The number of piperazine rings is 1. The summed E-state index contributed by atoms with van der Waals surface area (Å²) in [6, 6.07) is 0. The second-order valence-electron chi connectivity index (χ2n) is 4.26. The lowest BCUT2D eigenvalue weighted by atomic mass is 10.2. The molecule has 0 bridgehead atoms. The highest BCUT2D eigenvalue weighted by atomic mass is 16.4. The Morgan fingerprint density at radius 1 is 1.29 bits per heavy atom. The molecule has 14 heavy (non-hydrogen) atoms. The quantitative estimate of drug-likeness (QED) is 0.705. The number of hydrogen-bond donors (Lipinski definition) is 1. The van der Waals surface area contributed by atoms with E-state index >= 15 is 0 Å². The van der Waals surface area contributed by atoms with Crippen LogP contribution in [0.2, 0.25) is 0 Å². The van der Waals surface area contributed by atoms with Gasteiger partial charge in [-0.2, -0.15) is 0 Å². The molecule has 0 unspecified atom stereocenters. The summed E-state index contributed by atoms with van der Waals surface area (Å²) in [7, 11) is 0. The summed E-state index contributed by atoms with van der Waals surface area (Å²) in [5.41, 5.74) is -0.472. The van der Waals surface area contributed by atoms with Gasteiger partial charge in [-0.1, -0.05) is 6.92 Å². The van der Waals surface area contributed by atoms with E-state index in [0.717, 1.165) is 45.6 Å². The Labute approximate surface area is 84.5 Å². The van der Waals surface area contributed by atoms with Crippen LogP contribution in [-0.4, -0.2) is 59.1 Å². The Hall–Kier alpha value is -0.610. The van der Waals surface area contributed by atoms with Crippen molar-refractivity contribution < 1.29 is 9.90 Å². The largest absolute Gasteiger partial charge is 0.480 e. The van der Waals surface area contributed by atoms with Gasteiger partial charge in [0.2, 0.25) is 0 Å². The third kappa shape index (κ3) is 1.53. The summed E-state index contributed by atoms with van der Waals surface area (Å²) in [6.07, 6.45) is 1.68. The second-order valence-corrected chi connectivity index (χ2v) is 4.26. The van der Waals surface area contributed by atoms with Crippen LogP contribution in [-0.2, 0) is 4.79 Å². The van der Waals surface area contributed by atoms with E-state index in [4.69, 9.17) is 5.11 Å². The number of likely N-dealkylation sites (N-methyl/N-ethyl adjacent to an activating group) is 1. The molecule has 4 heteroatoms. The molecule has 0 spiro atoms. The zero-order chi connectivity index (χ0) is 10.2. The van der Waals surface area contributed by atoms with Gasteiger partial charge in [-0.3, -0.25) is 9.69 Å². The maximum Gasteiger partial charge on any atom is 0.324 e. The number of carboxylic acid groups (broad SMARTS) is 1. The van der Waals surface area contributed by atoms with Crippen LogP contribution in [0.1, 0.15) is 19.8 Å². The van der Waals surface area contributed by atoms with E-state index in [0.29, 0.717) is 0 Å². The molecule has 1 aliphatic heterocycles. The fourth-order valence-corrected chi connectivity index (χ4v) is 2.28. The number of rotatable bonds is 3. The van der Waals surface area contributed by atoms with Gasteiger partial charge in [-0.25, -0.2) is 0 Å². The Balaban J connectivity index is 1.92. The van der Waals surface area contributed by atoms with Gasteiger partial charge in [0.25, 0.3) is 0 Å². The first-order chi connectivity index (χ1) is 6.69. The number of carbonyl (C=O) groups is 1. The average Bonchev–Trinajstić information content (AvgIpc) is 2.99. The van der Waals surface area contributed by atoms with Gasteiger partial charge in [0, 0.05) is 26.2 Å². The highest BCUT2D eigenvalue weighted by Crippen LogP contribution is 2.42. The van der Waals surface area contributed by atoms with E-state index in [-0.39, 0.29) is 0 Å². The summed E-state index contributed by atoms with van der Waals surface area (Å²) in [5.74, 6) is -0.623. The lowest BCUT2D eigenvalue weighted by Gasteiger charge is -2.37. The Morgan fingerprint density at radius 3 is 2.21 bits per heavy atom.